The third kappa shape index (κ3) is 2.97. The van der Waals surface area contributed by atoms with E-state index in [1.807, 2.05) is 30.3 Å². The average Bonchev–Trinajstić information content (AvgIpc) is 2.39. The number of aromatic nitrogens is 1. The van der Waals surface area contributed by atoms with Crippen LogP contribution in [0.3, 0.4) is 0 Å². The van der Waals surface area contributed by atoms with Crippen LogP contribution in [-0.2, 0) is 0 Å². The molecule has 0 atom stereocenters. The maximum Gasteiger partial charge on any atom is 0.413 e. The summed E-state index contributed by atoms with van der Waals surface area (Å²) < 4.78 is 0. The van der Waals surface area contributed by atoms with Gasteiger partial charge in [-0.05, 0) is 37.3 Å². The number of para-hydroxylation sites is 1. The first-order valence-corrected chi connectivity index (χ1v) is 6.20. The van der Waals surface area contributed by atoms with Crippen molar-refractivity contribution in [3.8, 4) is 0 Å². The predicted molar refractivity (Wildman–Crippen MR) is 78.4 cm³/mol. The molecule has 0 aliphatic heterocycles. The van der Waals surface area contributed by atoms with E-state index in [2.05, 4.69) is 10.3 Å². The number of hydrogen-bond acceptors (Lipinski definition) is 3. The fourth-order valence-corrected chi connectivity index (χ4v) is 1.99. The first-order chi connectivity index (χ1) is 9.11. The minimum absolute atomic E-state index is 0.123. The molecule has 1 aromatic heterocycles. The molecule has 0 unspecified atom stereocenters. The van der Waals surface area contributed by atoms with Crippen molar-refractivity contribution in [3.63, 3.8) is 0 Å². The molecule has 0 aliphatic rings. The van der Waals surface area contributed by atoms with Crippen molar-refractivity contribution < 1.29 is 9.90 Å². The van der Waals surface area contributed by atoms with Crippen LogP contribution in [-0.4, -0.2) is 32.7 Å². The fraction of sp³-hybridized carbons (Fsp3) is 0.154. The van der Waals surface area contributed by atoms with Crippen molar-refractivity contribution >= 4 is 40.1 Å². The monoisotopic (exact) mass is 275 g/mol. The van der Waals surface area contributed by atoms with Gasteiger partial charge in [-0.1, -0.05) is 18.2 Å². The summed E-state index contributed by atoms with van der Waals surface area (Å²) in [5.74, 6) is 0.531. The first kappa shape index (κ1) is 13.2. The van der Waals surface area contributed by atoms with Crippen LogP contribution in [0.4, 0.5) is 10.6 Å². The molecule has 0 spiro atoms. The molecular weight excluding hydrogens is 262 g/mol. The van der Waals surface area contributed by atoms with E-state index in [-0.39, 0.29) is 11.7 Å². The number of carboxylic acid groups (broad SMARTS) is 1. The average molecular weight is 275 g/mol. The van der Waals surface area contributed by atoms with Crippen LogP contribution < -0.4 is 5.32 Å². The third-order valence-electron chi connectivity index (χ3n) is 2.63. The van der Waals surface area contributed by atoms with Crippen molar-refractivity contribution in [1.29, 1.82) is 0 Å². The third-order valence-corrected chi connectivity index (χ3v) is 2.95. The summed E-state index contributed by atoms with van der Waals surface area (Å²) >= 11 is 5.05. The van der Waals surface area contributed by atoms with Gasteiger partial charge in [0.1, 0.15) is 5.82 Å². The molecule has 0 saturated carbocycles. The Kier molecular flexibility index (Phi) is 3.91. The molecule has 1 heterocycles. The highest BCUT2D eigenvalue weighted by Crippen LogP contribution is 2.14. The zero-order valence-corrected chi connectivity index (χ0v) is 11.1. The van der Waals surface area contributed by atoms with E-state index >= 15 is 0 Å². The smallest absolute Gasteiger partial charge is 0.413 e. The van der Waals surface area contributed by atoms with Gasteiger partial charge in [-0.2, -0.15) is 0 Å². The maximum atomic E-state index is 11.0. The van der Waals surface area contributed by atoms with E-state index in [0.717, 1.165) is 15.8 Å². The molecule has 19 heavy (non-hydrogen) atoms. The van der Waals surface area contributed by atoms with E-state index in [9.17, 15) is 4.79 Å². The molecular formula is C13H13N3O2S. The highest BCUT2D eigenvalue weighted by atomic mass is 32.1. The van der Waals surface area contributed by atoms with Crippen molar-refractivity contribution in [2.45, 2.75) is 6.92 Å². The van der Waals surface area contributed by atoms with Crippen LogP contribution in [0.5, 0.6) is 0 Å². The number of benzene rings is 1. The topological polar surface area (TPSA) is 65.5 Å². The molecule has 1 amide bonds. The largest absolute Gasteiger partial charge is 0.465 e. The zero-order valence-electron chi connectivity index (χ0n) is 10.3. The minimum atomic E-state index is -1.08. The van der Waals surface area contributed by atoms with E-state index in [1.165, 1.54) is 0 Å². The Bertz CT molecular complexity index is 630. The van der Waals surface area contributed by atoms with Gasteiger partial charge >= 0.3 is 6.09 Å². The number of carbonyl (C=O) groups is 1. The molecule has 1 aromatic carbocycles. The Morgan fingerprint density at radius 2 is 2.11 bits per heavy atom. The number of anilines is 1. The van der Waals surface area contributed by atoms with E-state index in [4.69, 9.17) is 17.3 Å². The summed E-state index contributed by atoms with van der Waals surface area (Å²) in [7, 11) is 0. The predicted octanol–water partition coefficient (Wildman–Crippen LogP) is 2.93. The molecule has 2 N–H and O–H groups in total. The standard InChI is InChI=1S/C13H13N3O2S/c1-2-16(13(17)18)12(19)15-11-8-7-9-5-3-4-6-10(9)14-11/h3-8H,2H2,1H3,(H,17,18)(H,14,15,19). The molecule has 0 radical (unpaired) electrons. The lowest BCUT2D eigenvalue weighted by molar-refractivity contribution is 0.171. The van der Waals surface area contributed by atoms with Crippen LogP contribution in [0.25, 0.3) is 10.9 Å². The minimum Gasteiger partial charge on any atom is -0.465 e. The van der Waals surface area contributed by atoms with Crippen molar-refractivity contribution in [2.24, 2.45) is 0 Å². The number of hydrogen-bond donors (Lipinski definition) is 2. The Balaban J connectivity index is 2.21. The van der Waals surface area contributed by atoms with E-state index < -0.39 is 6.09 Å². The van der Waals surface area contributed by atoms with Gasteiger partial charge in [-0.25, -0.2) is 9.78 Å². The lowest BCUT2D eigenvalue weighted by Crippen LogP contribution is -2.38. The van der Waals surface area contributed by atoms with E-state index in [0.29, 0.717) is 5.82 Å². The molecule has 0 aliphatic carbocycles. The molecule has 0 bridgehead atoms. The molecule has 5 nitrogen and oxygen atoms in total. The second-order valence-corrected chi connectivity index (χ2v) is 4.23. The number of amides is 1. The van der Waals surface area contributed by atoms with E-state index in [1.54, 1.807) is 13.0 Å². The van der Waals surface area contributed by atoms with Gasteiger partial charge in [0.25, 0.3) is 0 Å². The lowest BCUT2D eigenvalue weighted by atomic mass is 10.2. The van der Waals surface area contributed by atoms with Gasteiger partial charge < -0.3 is 10.4 Å². The van der Waals surface area contributed by atoms with Gasteiger partial charge in [0.2, 0.25) is 0 Å². The van der Waals surface area contributed by atoms with Gasteiger partial charge in [-0.15, -0.1) is 0 Å². The van der Waals surface area contributed by atoms with Crippen LogP contribution in [0.1, 0.15) is 6.92 Å². The molecule has 2 rings (SSSR count). The number of thiocarbonyl (C=S) groups is 1. The molecule has 6 heteroatoms. The Morgan fingerprint density at radius 3 is 2.79 bits per heavy atom. The van der Waals surface area contributed by atoms with Gasteiger partial charge in [-0.3, -0.25) is 4.90 Å². The van der Waals surface area contributed by atoms with Crippen LogP contribution in [0.15, 0.2) is 36.4 Å². The number of fused-ring (bicyclic) bond motifs is 1. The molecule has 2 aromatic rings. The quantitative estimate of drug-likeness (QED) is 0.825. The van der Waals surface area contributed by atoms with Crippen LogP contribution >= 0.6 is 12.2 Å². The lowest BCUT2D eigenvalue weighted by Gasteiger charge is -2.18. The van der Waals surface area contributed by atoms with Crippen molar-refractivity contribution in [2.75, 3.05) is 11.9 Å². The highest BCUT2D eigenvalue weighted by molar-refractivity contribution is 7.80. The van der Waals surface area contributed by atoms with Crippen molar-refractivity contribution in [1.82, 2.24) is 9.88 Å². The Labute approximate surface area is 115 Å². The Hall–Kier alpha value is -2.21. The Morgan fingerprint density at radius 1 is 1.37 bits per heavy atom. The summed E-state index contributed by atoms with van der Waals surface area (Å²) in [5.41, 5.74) is 0.827. The number of rotatable bonds is 2. The summed E-state index contributed by atoms with van der Waals surface area (Å²) in [4.78, 5) is 16.4. The summed E-state index contributed by atoms with van der Waals surface area (Å²) in [6, 6.07) is 11.4. The van der Waals surface area contributed by atoms with Crippen molar-refractivity contribution in [3.05, 3.63) is 36.4 Å². The summed E-state index contributed by atoms with van der Waals surface area (Å²) in [6.45, 7) is 2.00. The number of nitrogens with zero attached hydrogens (tertiary/aromatic N) is 2. The second kappa shape index (κ2) is 5.62. The first-order valence-electron chi connectivity index (χ1n) is 5.79. The van der Waals surface area contributed by atoms with Crippen LogP contribution in [0.2, 0.25) is 0 Å². The summed E-state index contributed by atoms with van der Waals surface area (Å²) in [5, 5.41) is 12.9. The second-order valence-electron chi connectivity index (χ2n) is 3.85. The fourth-order valence-electron chi connectivity index (χ4n) is 1.68. The molecule has 98 valence electrons. The highest BCUT2D eigenvalue weighted by Gasteiger charge is 2.15. The number of pyridine rings is 1. The SMILES string of the molecule is CCN(C(=O)O)C(=S)Nc1ccc2ccccc2n1. The molecule has 0 saturated heterocycles. The molecule has 0 fully saturated rings. The van der Waals surface area contributed by atoms with Gasteiger partial charge in [0, 0.05) is 11.9 Å². The maximum absolute atomic E-state index is 11.0. The van der Waals surface area contributed by atoms with Gasteiger partial charge in [0.15, 0.2) is 5.11 Å². The zero-order chi connectivity index (χ0) is 13.8. The normalized spacial score (nSPS) is 10.2. The van der Waals surface area contributed by atoms with Crippen LogP contribution in [0, 0.1) is 0 Å². The van der Waals surface area contributed by atoms with Gasteiger partial charge in [0.05, 0.1) is 5.52 Å². The summed E-state index contributed by atoms with van der Waals surface area (Å²) in [6.07, 6.45) is -1.08. The number of nitrogens with one attached hydrogen (secondary N) is 1.